The summed E-state index contributed by atoms with van der Waals surface area (Å²) in [5.41, 5.74) is -0.460. The first kappa shape index (κ1) is 18.5. The van der Waals surface area contributed by atoms with Gasteiger partial charge in [-0.2, -0.15) is 0 Å². The second-order valence-electron chi connectivity index (χ2n) is 7.36. The number of benzene rings is 1. The summed E-state index contributed by atoms with van der Waals surface area (Å²) >= 11 is 0. The van der Waals surface area contributed by atoms with Gasteiger partial charge < -0.3 is 19.7 Å². The minimum atomic E-state index is -0.460. The first-order valence-corrected chi connectivity index (χ1v) is 9.37. The molecule has 2 amide bonds. The number of carbonyl (C=O) groups excluding carboxylic acids is 2. The number of rotatable bonds is 7. The van der Waals surface area contributed by atoms with Gasteiger partial charge in [0.25, 0.3) is 0 Å². The highest BCUT2D eigenvalue weighted by Gasteiger charge is 2.64. The molecule has 1 unspecified atom stereocenters. The molecule has 0 bridgehead atoms. The van der Waals surface area contributed by atoms with Gasteiger partial charge >= 0.3 is 0 Å². The number of para-hydroxylation sites is 2. The number of methoxy groups -OCH3 is 1. The van der Waals surface area contributed by atoms with Gasteiger partial charge in [0.1, 0.15) is 12.6 Å². The zero-order valence-electron chi connectivity index (χ0n) is 15.8. The Kier molecular flexibility index (Phi) is 5.39. The maximum absolute atomic E-state index is 12.8. The predicted molar refractivity (Wildman–Crippen MR) is 98.2 cm³/mol. The zero-order chi connectivity index (χ0) is 18.7. The fourth-order valence-electron chi connectivity index (χ4n) is 4.26. The van der Waals surface area contributed by atoms with E-state index in [0.717, 1.165) is 25.7 Å². The minimum Gasteiger partial charge on any atom is -0.493 e. The van der Waals surface area contributed by atoms with Gasteiger partial charge in [0.2, 0.25) is 11.8 Å². The van der Waals surface area contributed by atoms with Crippen molar-refractivity contribution in [3.8, 4) is 11.5 Å². The molecule has 3 rings (SSSR count). The summed E-state index contributed by atoms with van der Waals surface area (Å²) in [6, 6.07) is 7.11. The lowest BCUT2D eigenvalue weighted by atomic mass is 9.68. The van der Waals surface area contributed by atoms with Crippen molar-refractivity contribution in [2.24, 2.45) is 5.41 Å². The number of ether oxygens (including phenoxy) is 2. The zero-order valence-corrected chi connectivity index (χ0v) is 15.8. The number of hydrogen-bond acceptors (Lipinski definition) is 4. The molecule has 1 aliphatic heterocycles. The Bertz CT molecular complexity index is 668. The van der Waals surface area contributed by atoms with E-state index in [1.54, 1.807) is 12.0 Å². The molecule has 6 heteroatoms. The molecule has 1 heterocycles. The highest BCUT2D eigenvalue weighted by molar-refractivity contribution is 6.02. The Morgan fingerprint density at radius 1 is 1.27 bits per heavy atom. The van der Waals surface area contributed by atoms with Crippen molar-refractivity contribution in [2.75, 3.05) is 20.3 Å². The minimum absolute atomic E-state index is 0.0364. The average molecular weight is 360 g/mol. The van der Waals surface area contributed by atoms with Crippen LogP contribution in [0.1, 0.15) is 39.5 Å². The third-order valence-corrected chi connectivity index (χ3v) is 5.49. The second kappa shape index (κ2) is 7.56. The average Bonchev–Trinajstić information content (AvgIpc) is 3.14. The van der Waals surface area contributed by atoms with Gasteiger partial charge in [-0.05, 0) is 38.8 Å². The van der Waals surface area contributed by atoms with Crippen molar-refractivity contribution in [1.29, 1.82) is 0 Å². The van der Waals surface area contributed by atoms with Crippen LogP contribution in [0.15, 0.2) is 24.3 Å². The molecule has 1 aliphatic carbocycles. The summed E-state index contributed by atoms with van der Waals surface area (Å²) in [4.78, 5) is 27.2. The molecule has 6 nitrogen and oxygen atoms in total. The van der Waals surface area contributed by atoms with Crippen molar-refractivity contribution in [2.45, 2.75) is 51.6 Å². The SMILES string of the molecule is COc1ccccc1OCCNC(=O)C1N(C(C)C)C(=O)C12CCCC2. The number of carbonyl (C=O) groups is 2. The van der Waals surface area contributed by atoms with E-state index in [0.29, 0.717) is 24.7 Å². The highest BCUT2D eigenvalue weighted by atomic mass is 16.5. The molecule has 0 radical (unpaired) electrons. The van der Waals surface area contributed by atoms with E-state index in [1.807, 2.05) is 38.1 Å². The van der Waals surface area contributed by atoms with E-state index in [1.165, 1.54) is 0 Å². The van der Waals surface area contributed by atoms with Crippen LogP contribution in [-0.2, 0) is 9.59 Å². The molecule has 0 aromatic heterocycles. The van der Waals surface area contributed by atoms with Crippen LogP contribution in [0.2, 0.25) is 0 Å². The summed E-state index contributed by atoms with van der Waals surface area (Å²) in [5.74, 6) is 1.40. The van der Waals surface area contributed by atoms with Gasteiger partial charge in [0.15, 0.2) is 11.5 Å². The van der Waals surface area contributed by atoms with Crippen LogP contribution in [0.25, 0.3) is 0 Å². The number of amides is 2. The molecule has 26 heavy (non-hydrogen) atoms. The molecule has 2 aliphatic rings. The van der Waals surface area contributed by atoms with Crippen molar-refractivity contribution in [3.63, 3.8) is 0 Å². The topological polar surface area (TPSA) is 67.9 Å². The largest absolute Gasteiger partial charge is 0.493 e. The summed E-state index contributed by atoms with van der Waals surface area (Å²) in [7, 11) is 1.60. The van der Waals surface area contributed by atoms with E-state index in [4.69, 9.17) is 9.47 Å². The monoisotopic (exact) mass is 360 g/mol. The lowest BCUT2D eigenvalue weighted by Crippen LogP contribution is -2.74. The Labute approximate surface area is 154 Å². The lowest BCUT2D eigenvalue weighted by molar-refractivity contribution is -0.181. The number of β-lactam (4-membered cyclic amide) rings is 1. The van der Waals surface area contributed by atoms with Crippen LogP contribution in [0.3, 0.4) is 0 Å². The van der Waals surface area contributed by atoms with Gasteiger partial charge in [0, 0.05) is 6.04 Å². The first-order chi connectivity index (χ1) is 12.5. The van der Waals surface area contributed by atoms with Crippen LogP contribution in [0, 0.1) is 5.41 Å². The van der Waals surface area contributed by atoms with E-state index in [-0.39, 0.29) is 23.9 Å². The highest BCUT2D eigenvalue weighted by Crippen LogP contribution is 2.52. The fourth-order valence-corrected chi connectivity index (χ4v) is 4.26. The molecule has 1 N–H and O–H groups in total. The van der Waals surface area contributed by atoms with Crippen molar-refractivity contribution in [3.05, 3.63) is 24.3 Å². The molecule has 1 aromatic carbocycles. The quantitative estimate of drug-likeness (QED) is 0.599. The molecule has 2 fully saturated rings. The van der Waals surface area contributed by atoms with Crippen molar-refractivity contribution < 1.29 is 19.1 Å². The van der Waals surface area contributed by atoms with E-state index in [2.05, 4.69) is 5.32 Å². The third kappa shape index (κ3) is 3.13. The predicted octanol–water partition coefficient (Wildman–Crippen LogP) is 2.37. The maximum Gasteiger partial charge on any atom is 0.244 e. The van der Waals surface area contributed by atoms with Crippen LogP contribution in [-0.4, -0.2) is 49.1 Å². The molecule has 1 spiro atoms. The molecule has 1 aromatic rings. The molecule has 1 saturated heterocycles. The first-order valence-electron chi connectivity index (χ1n) is 9.37. The normalized spacial score (nSPS) is 21.0. The van der Waals surface area contributed by atoms with Gasteiger partial charge in [-0.15, -0.1) is 0 Å². The Morgan fingerprint density at radius 2 is 1.92 bits per heavy atom. The number of hydrogen-bond donors (Lipinski definition) is 1. The van der Waals surface area contributed by atoms with Crippen molar-refractivity contribution in [1.82, 2.24) is 10.2 Å². The fraction of sp³-hybridized carbons (Fsp3) is 0.600. The van der Waals surface area contributed by atoms with Crippen molar-refractivity contribution >= 4 is 11.8 Å². The van der Waals surface area contributed by atoms with Gasteiger partial charge in [-0.1, -0.05) is 25.0 Å². The Hall–Kier alpha value is -2.24. The van der Waals surface area contributed by atoms with Gasteiger partial charge in [-0.3, -0.25) is 9.59 Å². The lowest BCUT2D eigenvalue weighted by Gasteiger charge is -2.55. The summed E-state index contributed by atoms with van der Waals surface area (Å²) in [6.07, 6.45) is 3.70. The van der Waals surface area contributed by atoms with Gasteiger partial charge in [-0.25, -0.2) is 0 Å². The third-order valence-electron chi connectivity index (χ3n) is 5.49. The van der Waals surface area contributed by atoms with Crippen LogP contribution in [0.4, 0.5) is 0 Å². The van der Waals surface area contributed by atoms with E-state index < -0.39 is 5.41 Å². The Balaban J connectivity index is 1.56. The summed E-state index contributed by atoms with van der Waals surface area (Å²) in [5, 5.41) is 2.95. The number of likely N-dealkylation sites (tertiary alicyclic amines) is 1. The number of nitrogens with one attached hydrogen (secondary N) is 1. The molecule has 1 atom stereocenters. The second-order valence-corrected chi connectivity index (χ2v) is 7.36. The smallest absolute Gasteiger partial charge is 0.244 e. The molecular formula is C20H28N2O4. The van der Waals surface area contributed by atoms with E-state index in [9.17, 15) is 9.59 Å². The van der Waals surface area contributed by atoms with Crippen LogP contribution < -0.4 is 14.8 Å². The van der Waals surface area contributed by atoms with Crippen LogP contribution >= 0.6 is 0 Å². The Morgan fingerprint density at radius 3 is 2.54 bits per heavy atom. The van der Waals surface area contributed by atoms with Gasteiger partial charge in [0.05, 0.1) is 19.1 Å². The summed E-state index contributed by atoms with van der Waals surface area (Å²) < 4.78 is 10.9. The summed E-state index contributed by atoms with van der Waals surface area (Å²) in [6.45, 7) is 4.67. The van der Waals surface area contributed by atoms with Crippen LogP contribution in [0.5, 0.6) is 11.5 Å². The number of nitrogens with zero attached hydrogens (tertiary/aromatic N) is 1. The molecule has 142 valence electrons. The standard InChI is InChI=1S/C20H28N2O4/c1-14(2)22-17(20(19(22)24)10-6-7-11-20)18(23)21-12-13-26-16-9-5-4-8-15(16)25-3/h4-5,8-9,14,17H,6-7,10-13H2,1-3H3,(H,21,23). The molecular weight excluding hydrogens is 332 g/mol. The maximum atomic E-state index is 12.8. The molecule has 1 saturated carbocycles. The van der Waals surface area contributed by atoms with E-state index >= 15 is 0 Å².